The van der Waals surface area contributed by atoms with Crippen molar-refractivity contribution in [1.82, 2.24) is 0 Å². The van der Waals surface area contributed by atoms with Gasteiger partial charge in [0.05, 0.1) is 0 Å². The summed E-state index contributed by atoms with van der Waals surface area (Å²) in [6, 6.07) is 3.86. The van der Waals surface area contributed by atoms with Gasteiger partial charge in [0.1, 0.15) is 11.5 Å². The van der Waals surface area contributed by atoms with Gasteiger partial charge in [0.15, 0.2) is 23.1 Å². The minimum atomic E-state index is -1.30. The Morgan fingerprint density at radius 2 is 1.44 bits per heavy atom. The number of hydrogen-bond donors (Lipinski definition) is 4. The number of phenols is 4. The first-order chi connectivity index (χ1) is 8.41. The van der Waals surface area contributed by atoms with Crippen molar-refractivity contribution in [2.24, 2.45) is 0 Å². The maximum absolute atomic E-state index is 13.7. The molecule has 0 aromatic heterocycles. The average molecular weight is 254 g/mol. The van der Waals surface area contributed by atoms with Gasteiger partial charge in [-0.15, -0.1) is 0 Å². The Kier molecular flexibility index (Phi) is 2.70. The molecule has 4 N–H and O–H groups in total. The largest absolute Gasteiger partial charge is 0.508 e. The summed E-state index contributed by atoms with van der Waals surface area (Å²) in [4.78, 5) is 0. The third-order valence-electron chi connectivity index (χ3n) is 2.44. The molecule has 0 aliphatic heterocycles. The normalized spacial score (nSPS) is 10.6. The summed E-state index contributed by atoms with van der Waals surface area (Å²) in [5.41, 5.74) is -0.682. The fraction of sp³-hybridized carbons (Fsp3) is 0. The van der Waals surface area contributed by atoms with Gasteiger partial charge < -0.3 is 20.4 Å². The monoisotopic (exact) mass is 254 g/mol. The highest BCUT2D eigenvalue weighted by Gasteiger charge is 2.20. The van der Waals surface area contributed by atoms with Gasteiger partial charge in [0.2, 0.25) is 0 Å². The molecule has 0 saturated carbocycles. The minimum Gasteiger partial charge on any atom is -0.508 e. The molecule has 2 aromatic rings. The molecule has 2 rings (SSSR count). The van der Waals surface area contributed by atoms with Gasteiger partial charge in [-0.2, -0.15) is 0 Å². The molecule has 0 amide bonds. The van der Waals surface area contributed by atoms with E-state index in [0.717, 1.165) is 18.2 Å². The second kappa shape index (κ2) is 4.06. The van der Waals surface area contributed by atoms with Crippen molar-refractivity contribution in [1.29, 1.82) is 0 Å². The van der Waals surface area contributed by atoms with Crippen LogP contribution in [0, 0.1) is 11.6 Å². The van der Waals surface area contributed by atoms with Crippen molar-refractivity contribution >= 4 is 0 Å². The van der Waals surface area contributed by atoms with Crippen LogP contribution >= 0.6 is 0 Å². The van der Waals surface area contributed by atoms with E-state index in [0.29, 0.717) is 6.07 Å². The molecule has 0 atom stereocenters. The summed E-state index contributed by atoms with van der Waals surface area (Å²) in [5, 5.41) is 36.9. The fourth-order valence-electron chi connectivity index (χ4n) is 1.54. The predicted molar refractivity (Wildman–Crippen MR) is 58.5 cm³/mol. The first kappa shape index (κ1) is 12.0. The van der Waals surface area contributed by atoms with Crippen LogP contribution in [0.3, 0.4) is 0 Å². The minimum absolute atomic E-state index is 0.207. The molecule has 0 radical (unpaired) electrons. The predicted octanol–water partition coefficient (Wildman–Crippen LogP) is 2.45. The van der Waals surface area contributed by atoms with Crippen LogP contribution in [-0.4, -0.2) is 20.4 Å². The average Bonchev–Trinajstić information content (AvgIpc) is 2.34. The lowest BCUT2D eigenvalue weighted by atomic mass is 10.0. The van der Waals surface area contributed by atoms with Crippen LogP contribution in [0.2, 0.25) is 0 Å². The molecular weight excluding hydrogens is 246 g/mol. The highest BCUT2D eigenvalue weighted by molar-refractivity contribution is 5.74. The number of halogens is 2. The summed E-state index contributed by atoms with van der Waals surface area (Å²) in [5.74, 6) is -5.68. The molecule has 2 aromatic carbocycles. The first-order valence-corrected chi connectivity index (χ1v) is 4.84. The Bertz CT molecular complexity index is 626. The van der Waals surface area contributed by atoms with Crippen LogP contribution in [0.15, 0.2) is 24.3 Å². The van der Waals surface area contributed by atoms with Crippen LogP contribution < -0.4 is 0 Å². The van der Waals surface area contributed by atoms with E-state index in [4.69, 9.17) is 5.11 Å². The van der Waals surface area contributed by atoms with E-state index >= 15 is 0 Å². The van der Waals surface area contributed by atoms with Crippen LogP contribution in [-0.2, 0) is 0 Å². The lowest BCUT2D eigenvalue weighted by molar-refractivity contribution is 0.359. The zero-order chi connectivity index (χ0) is 13.4. The Hall–Kier alpha value is -2.50. The second-order valence-corrected chi connectivity index (χ2v) is 3.62. The van der Waals surface area contributed by atoms with E-state index in [1.165, 1.54) is 0 Å². The molecule has 0 unspecified atom stereocenters. The highest BCUT2D eigenvalue weighted by atomic mass is 19.1. The van der Waals surface area contributed by atoms with Crippen molar-refractivity contribution in [3.8, 4) is 34.1 Å². The number of aromatic hydroxyl groups is 4. The number of phenolic OH excluding ortho intramolecular Hbond substituents is 4. The van der Waals surface area contributed by atoms with Gasteiger partial charge in [-0.05, 0) is 24.3 Å². The molecule has 0 fully saturated rings. The van der Waals surface area contributed by atoms with Crippen molar-refractivity contribution in [3.05, 3.63) is 35.9 Å². The van der Waals surface area contributed by atoms with Crippen LogP contribution in [0.4, 0.5) is 8.78 Å². The molecule has 0 aliphatic carbocycles. The number of hydrogen-bond acceptors (Lipinski definition) is 4. The molecule has 0 heterocycles. The third kappa shape index (κ3) is 1.77. The van der Waals surface area contributed by atoms with Crippen molar-refractivity contribution in [2.45, 2.75) is 0 Å². The molecule has 0 saturated heterocycles. The zero-order valence-corrected chi connectivity index (χ0v) is 8.85. The van der Waals surface area contributed by atoms with E-state index in [9.17, 15) is 24.1 Å². The maximum atomic E-state index is 13.7. The Morgan fingerprint density at radius 3 is 2.11 bits per heavy atom. The van der Waals surface area contributed by atoms with Crippen molar-refractivity contribution in [3.63, 3.8) is 0 Å². The van der Waals surface area contributed by atoms with E-state index in [-0.39, 0.29) is 11.3 Å². The van der Waals surface area contributed by atoms with Crippen LogP contribution in [0.5, 0.6) is 23.0 Å². The summed E-state index contributed by atoms with van der Waals surface area (Å²) in [6.07, 6.45) is 0. The molecular formula is C12H8F2O4. The van der Waals surface area contributed by atoms with Gasteiger partial charge in [-0.25, -0.2) is 8.78 Å². The summed E-state index contributed by atoms with van der Waals surface area (Å²) < 4.78 is 26.9. The molecule has 94 valence electrons. The fourth-order valence-corrected chi connectivity index (χ4v) is 1.54. The van der Waals surface area contributed by atoms with Crippen LogP contribution in [0.1, 0.15) is 0 Å². The zero-order valence-electron chi connectivity index (χ0n) is 8.85. The highest BCUT2D eigenvalue weighted by Crippen LogP contribution is 2.41. The summed E-state index contributed by atoms with van der Waals surface area (Å²) in [7, 11) is 0. The van der Waals surface area contributed by atoms with E-state index in [2.05, 4.69) is 0 Å². The summed E-state index contributed by atoms with van der Waals surface area (Å²) in [6.45, 7) is 0. The van der Waals surface area contributed by atoms with Gasteiger partial charge in [0, 0.05) is 11.1 Å². The van der Waals surface area contributed by atoms with Crippen molar-refractivity contribution in [2.75, 3.05) is 0 Å². The van der Waals surface area contributed by atoms with Gasteiger partial charge in [-0.1, -0.05) is 0 Å². The van der Waals surface area contributed by atoms with E-state index in [1.54, 1.807) is 0 Å². The lowest BCUT2D eigenvalue weighted by Crippen LogP contribution is -1.90. The number of benzene rings is 2. The maximum Gasteiger partial charge on any atom is 0.197 e. The first-order valence-electron chi connectivity index (χ1n) is 4.84. The Morgan fingerprint density at radius 1 is 0.778 bits per heavy atom. The molecule has 0 spiro atoms. The molecule has 6 heteroatoms. The molecule has 18 heavy (non-hydrogen) atoms. The summed E-state index contributed by atoms with van der Waals surface area (Å²) >= 11 is 0. The molecule has 0 bridgehead atoms. The van der Waals surface area contributed by atoms with E-state index in [1.807, 2.05) is 0 Å². The lowest BCUT2D eigenvalue weighted by Gasteiger charge is -2.09. The smallest absolute Gasteiger partial charge is 0.197 e. The quantitative estimate of drug-likeness (QED) is 0.465. The van der Waals surface area contributed by atoms with Gasteiger partial charge in [-0.3, -0.25) is 0 Å². The van der Waals surface area contributed by atoms with Crippen LogP contribution in [0.25, 0.3) is 11.1 Å². The molecule has 4 nitrogen and oxygen atoms in total. The van der Waals surface area contributed by atoms with Crippen molar-refractivity contribution < 1.29 is 29.2 Å². The second-order valence-electron chi connectivity index (χ2n) is 3.62. The van der Waals surface area contributed by atoms with Gasteiger partial charge >= 0.3 is 0 Å². The Labute approximate surface area is 100.0 Å². The SMILES string of the molecule is Oc1ccc(O)c(-c2cc(F)c(O)c(O)c2F)c1. The third-order valence-corrected chi connectivity index (χ3v) is 2.44. The Balaban J connectivity index is 2.75. The standard InChI is InChI=1S/C12H8F2O4/c13-8-4-7(10(14)12(18)11(8)17)6-3-5(15)1-2-9(6)16/h1-4,15-18H. The topological polar surface area (TPSA) is 80.9 Å². The number of rotatable bonds is 1. The molecule has 0 aliphatic rings. The van der Waals surface area contributed by atoms with Gasteiger partial charge in [0.25, 0.3) is 0 Å². The van der Waals surface area contributed by atoms with E-state index < -0.39 is 34.4 Å².